The highest BCUT2D eigenvalue weighted by molar-refractivity contribution is 7.53. The molecule has 0 aliphatic heterocycles. The molecule has 0 heterocycles. The maximum absolute atomic E-state index is 12.8. The van der Waals surface area contributed by atoms with Crippen LogP contribution in [0.4, 0.5) is 18.9 Å². The second kappa shape index (κ2) is 10.3. The first-order valence-corrected chi connectivity index (χ1v) is 10.8. The molecule has 0 radical (unpaired) electrons. The third-order valence-corrected chi connectivity index (χ3v) is 6.28. The molecule has 0 atom stereocenters. The minimum Gasteiger partial charge on any atom is -0.487 e. The standard InChI is InChI=1S/C18H18ClF3NO7P/c1-27-31(26,28-2)9-3-8-29-17-11-13(5-6-15(17)23(24)25)30-16-7-4-12(10-14(16)19)18(20,21)22/h4-7,10-11H,3,8-9H2,1-2H3. The van der Waals surface area contributed by atoms with Gasteiger partial charge < -0.3 is 18.5 Å². The predicted molar refractivity (Wildman–Crippen MR) is 106 cm³/mol. The number of benzene rings is 2. The van der Waals surface area contributed by atoms with Crippen LogP contribution >= 0.6 is 19.2 Å². The third-order valence-electron chi connectivity index (χ3n) is 4.01. The topological polar surface area (TPSA) is 97.1 Å². The summed E-state index contributed by atoms with van der Waals surface area (Å²) in [7, 11) is -0.765. The average Bonchev–Trinajstić information content (AvgIpc) is 2.71. The molecule has 2 aromatic carbocycles. The molecule has 0 saturated heterocycles. The Hall–Kier alpha value is -2.33. The van der Waals surface area contributed by atoms with E-state index in [9.17, 15) is 27.9 Å². The minimum absolute atomic E-state index is 0.0329. The van der Waals surface area contributed by atoms with Crippen molar-refractivity contribution in [2.75, 3.05) is 27.0 Å². The van der Waals surface area contributed by atoms with Gasteiger partial charge in [-0.05, 0) is 30.7 Å². The smallest absolute Gasteiger partial charge is 0.416 e. The van der Waals surface area contributed by atoms with E-state index in [1.54, 1.807) is 0 Å². The number of nitro benzene ring substituents is 1. The molecule has 2 aromatic rings. The summed E-state index contributed by atoms with van der Waals surface area (Å²) in [6.45, 7) is -0.0396. The normalized spacial score (nSPS) is 11.9. The highest BCUT2D eigenvalue weighted by Crippen LogP contribution is 2.46. The molecule has 0 aliphatic rings. The Bertz CT molecular complexity index is 979. The first-order chi connectivity index (χ1) is 14.5. The molecular weight excluding hydrogens is 466 g/mol. The van der Waals surface area contributed by atoms with E-state index in [1.165, 1.54) is 26.4 Å². The Labute approximate surface area is 180 Å². The average molecular weight is 484 g/mol. The van der Waals surface area contributed by atoms with E-state index in [1.807, 2.05) is 0 Å². The summed E-state index contributed by atoms with van der Waals surface area (Å²) in [5, 5.41) is 10.9. The minimum atomic E-state index is -4.56. The van der Waals surface area contributed by atoms with Gasteiger partial charge in [-0.3, -0.25) is 14.7 Å². The fraction of sp³-hybridized carbons (Fsp3) is 0.333. The molecule has 0 N–H and O–H groups in total. The van der Waals surface area contributed by atoms with Crippen molar-refractivity contribution in [3.63, 3.8) is 0 Å². The van der Waals surface area contributed by atoms with Gasteiger partial charge >= 0.3 is 19.5 Å². The van der Waals surface area contributed by atoms with E-state index in [4.69, 9.17) is 30.1 Å². The molecule has 0 saturated carbocycles. The van der Waals surface area contributed by atoms with Gasteiger partial charge in [0.1, 0.15) is 11.5 Å². The van der Waals surface area contributed by atoms with Crippen molar-refractivity contribution in [1.82, 2.24) is 0 Å². The van der Waals surface area contributed by atoms with Crippen molar-refractivity contribution in [2.45, 2.75) is 12.6 Å². The van der Waals surface area contributed by atoms with Crippen molar-refractivity contribution in [2.24, 2.45) is 0 Å². The maximum atomic E-state index is 12.8. The van der Waals surface area contributed by atoms with Gasteiger partial charge in [-0.2, -0.15) is 13.2 Å². The molecule has 2 rings (SSSR count). The van der Waals surface area contributed by atoms with E-state index in [-0.39, 0.29) is 47.1 Å². The van der Waals surface area contributed by atoms with E-state index < -0.39 is 24.3 Å². The molecule has 8 nitrogen and oxygen atoms in total. The number of alkyl halides is 3. The molecule has 0 spiro atoms. The highest BCUT2D eigenvalue weighted by atomic mass is 35.5. The molecule has 0 bridgehead atoms. The van der Waals surface area contributed by atoms with Crippen molar-refractivity contribution < 1.29 is 41.2 Å². The molecule has 0 aromatic heterocycles. The zero-order valence-corrected chi connectivity index (χ0v) is 18.0. The lowest BCUT2D eigenvalue weighted by Gasteiger charge is -2.14. The van der Waals surface area contributed by atoms with Crippen molar-refractivity contribution in [3.8, 4) is 17.2 Å². The van der Waals surface area contributed by atoms with Gasteiger partial charge in [0.15, 0.2) is 0 Å². The van der Waals surface area contributed by atoms with Gasteiger partial charge in [-0.25, -0.2) is 0 Å². The van der Waals surface area contributed by atoms with Crippen LogP contribution in [0, 0.1) is 10.1 Å². The van der Waals surface area contributed by atoms with Crippen molar-refractivity contribution >= 4 is 24.9 Å². The Morgan fingerprint density at radius 2 is 1.77 bits per heavy atom. The van der Waals surface area contributed by atoms with E-state index in [2.05, 4.69) is 0 Å². The molecule has 13 heteroatoms. The number of nitro groups is 1. The zero-order valence-electron chi connectivity index (χ0n) is 16.3. The van der Waals surface area contributed by atoms with Crippen LogP contribution in [0.3, 0.4) is 0 Å². The number of hydrogen-bond acceptors (Lipinski definition) is 7. The summed E-state index contributed by atoms with van der Waals surface area (Å²) in [6.07, 6.45) is -4.32. The molecule has 170 valence electrons. The lowest BCUT2D eigenvalue weighted by molar-refractivity contribution is -0.385. The van der Waals surface area contributed by atoms with Crippen LogP contribution in [-0.2, 0) is 19.8 Å². The van der Waals surface area contributed by atoms with Crippen LogP contribution in [0.1, 0.15) is 12.0 Å². The quantitative estimate of drug-likeness (QED) is 0.169. The summed E-state index contributed by atoms with van der Waals surface area (Å²) in [5.41, 5.74) is -1.30. The van der Waals surface area contributed by atoms with Gasteiger partial charge in [-0.15, -0.1) is 0 Å². The molecule has 0 fully saturated rings. The van der Waals surface area contributed by atoms with Gasteiger partial charge in [-0.1, -0.05) is 11.6 Å². The van der Waals surface area contributed by atoms with Gasteiger partial charge in [0.25, 0.3) is 0 Å². The number of ether oxygens (including phenoxy) is 2. The molecule has 0 aliphatic carbocycles. The number of halogens is 4. The fourth-order valence-electron chi connectivity index (χ4n) is 2.41. The lowest BCUT2D eigenvalue weighted by Crippen LogP contribution is -2.05. The predicted octanol–water partition coefficient (Wildman–Crippen LogP) is 6.31. The Kier molecular flexibility index (Phi) is 8.30. The molecule has 0 amide bonds. The van der Waals surface area contributed by atoms with Crippen LogP contribution in [0.5, 0.6) is 17.2 Å². The summed E-state index contributed by atoms with van der Waals surface area (Å²) >= 11 is 5.86. The number of hydrogen-bond donors (Lipinski definition) is 0. The monoisotopic (exact) mass is 483 g/mol. The van der Waals surface area contributed by atoms with Crippen LogP contribution < -0.4 is 9.47 Å². The summed E-state index contributed by atoms with van der Waals surface area (Å²) in [4.78, 5) is 10.6. The van der Waals surface area contributed by atoms with Crippen LogP contribution in [0.15, 0.2) is 36.4 Å². The SMILES string of the molecule is COP(=O)(CCCOc1cc(Oc2ccc(C(F)(F)F)cc2Cl)ccc1[N+](=O)[O-])OC. The molecule has 31 heavy (non-hydrogen) atoms. The Morgan fingerprint density at radius 3 is 2.32 bits per heavy atom. The van der Waals surface area contributed by atoms with E-state index in [0.29, 0.717) is 6.07 Å². The summed E-state index contributed by atoms with van der Waals surface area (Å²) in [5.74, 6) is -0.160. The summed E-state index contributed by atoms with van der Waals surface area (Å²) < 4.78 is 70.7. The largest absolute Gasteiger partial charge is 0.487 e. The second-order valence-corrected chi connectivity index (χ2v) is 8.84. The van der Waals surface area contributed by atoms with Gasteiger partial charge in [0, 0.05) is 26.4 Å². The summed E-state index contributed by atoms with van der Waals surface area (Å²) in [6, 6.07) is 6.14. The Balaban J connectivity index is 2.16. The first-order valence-electron chi connectivity index (χ1n) is 8.65. The van der Waals surface area contributed by atoms with Crippen molar-refractivity contribution in [1.29, 1.82) is 0 Å². The highest BCUT2D eigenvalue weighted by Gasteiger charge is 2.31. The Morgan fingerprint density at radius 1 is 1.10 bits per heavy atom. The first kappa shape index (κ1) is 24.9. The third kappa shape index (κ3) is 6.83. The molecular formula is C18H18ClF3NO7P. The zero-order chi connectivity index (χ0) is 23.2. The maximum Gasteiger partial charge on any atom is 0.416 e. The van der Waals surface area contributed by atoms with Crippen LogP contribution in [0.25, 0.3) is 0 Å². The van der Waals surface area contributed by atoms with Gasteiger partial charge in [0.05, 0.1) is 28.3 Å². The van der Waals surface area contributed by atoms with Crippen LogP contribution in [0.2, 0.25) is 5.02 Å². The number of nitrogens with zero attached hydrogens (tertiary/aromatic N) is 1. The second-order valence-electron chi connectivity index (χ2n) is 6.03. The van der Waals surface area contributed by atoms with E-state index >= 15 is 0 Å². The fourth-order valence-corrected chi connectivity index (χ4v) is 3.66. The van der Waals surface area contributed by atoms with Crippen molar-refractivity contribution in [3.05, 3.63) is 57.1 Å². The van der Waals surface area contributed by atoms with Crippen LogP contribution in [-0.4, -0.2) is 31.9 Å². The number of rotatable bonds is 10. The van der Waals surface area contributed by atoms with E-state index in [0.717, 1.165) is 18.2 Å². The lowest BCUT2D eigenvalue weighted by atomic mass is 10.2. The molecule has 0 unspecified atom stereocenters. The van der Waals surface area contributed by atoms with Gasteiger partial charge in [0.2, 0.25) is 5.75 Å².